The lowest BCUT2D eigenvalue weighted by Crippen LogP contribution is -2.52. The zero-order valence-electron chi connectivity index (χ0n) is 21.3. The van der Waals surface area contributed by atoms with E-state index in [1.54, 1.807) is 25.1 Å². The standard InChI is InChI=1S/C24H31BrN4O7S/c1-6-16(2)26-24(31)17(3)27(14-18-8-7-9-19(25)12-18)23(30)15-28(37(5,34)35)21-13-20(29(32)33)10-11-22(21)36-4/h7-13,16-17H,6,14-15H2,1-5H3,(H,26,31)/t16-,17-/m0/s1. The highest BCUT2D eigenvalue weighted by Crippen LogP contribution is 2.34. The summed E-state index contributed by atoms with van der Waals surface area (Å²) in [4.78, 5) is 38.5. The minimum Gasteiger partial charge on any atom is -0.495 e. The van der Waals surface area contributed by atoms with Crippen LogP contribution in [0.1, 0.15) is 32.8 Å². The van der Waals surface area contributed by atoms with Crippen LogP contribution in [0.4, 0.5) is 11.4 Å². The Morgan fingerprint density at radius 1 is 1.19 bits per heavy atom. The number of ether oxygens (including phenoxy) is 1. The van der Waals surface area contributed by atoms with Gasteiger partial charge >= 0.3 is 0 Å². The van der Waals surface area contributed by atoms with Gasteiger partial charge in [0.05, 0.1) is 18.3 Å². The van der Waals surface area contributed by atoms with E-state index in [2.05, 4.69) is 21.2 Å². The van der Waals surface area contributed by atoms with Gasteiger partial charge in [-0.25, -0.2) is 8.42 Å². The van der Waals surface area contributed by atoms with E-state index in [0.29, 0.717) is 12.0 Å². The first-order valence-corrected chi connectivity index (χ1v) is 14.1. The molecule has 0 spiro atoms. The van der Waals surface area contributed by atoms with Crippen molar-refractivity contribution < 1.29 is 27.7 Å². The number of nitrogens with zero attached hydrogens (tertiary/aromatic N) is 3. The van der Waals surface area contributed by atoms with Crippen molar-refractivity contribution in [1.82, 2.24) is 10.2 Å². The van der Waals surface area contributed by atoms with Crippen molar-refractivity contribution in [2.24, 2.45) is 0 Å². The molecule has 0 radical (unpaired) electrons. The van der Waals surface area contributed by atoms with E-state index in [1.807, 2.05) is 19.9 Å². The molecule has 0 fully saturated rings. The Morgan fingerprint density at radius 3 is 2.41 bits per heavy atom. The largest absolute Gasteiger partial charge is 0.495 e. The summed E-state index contributed by atoms with van der Waals surface area (Å²) >= 11 is 3.39. The molecule has 0 unspecified atom stereocenters. The number of methoxy groups -OCH3 is 1. The van der Waals surface area contributed by atoms with E-state index in [-0.39, 0.29) is 29.7 Å². The summed E-state index contributed by atoms with van der Waals surface area (Å²) in [5.41, 5.74) is 0.181. The van der Waals surface area contributed by atoms with E-state index >= 15 is 0 Å². The number of hydrogen-bond donors (Lipinski definition) is 1. The number of anilines is 1. The second kappa shape index (κ2) is 12.9. The number of nitro groups is 1. The van der Waals surface area contributed by atoms with Crippen LogP contribution in [0.2, 0.25) is 0 Å². The number of carbonyl (C=O) groups is 2. The Hall–Kier alpha value is -3.19. The van der Waals surface area contributed by atoms with Crippen molar-refractivity contribution in [3.63, 3.8) is 0 Å². The number of sulfonamides is 1. The number of nitrogens with one attached hydrogen (secondary N) is 1. The maximum Gasteiger partial charge on any atom is 0.271 e. The van der Waals surface area contributed by atoms with Crippen LogP contribution in [0.25, 0.3) is 0 Å². The molecular weight excluding hydrogens is 568 g/mol. The summed E-state index contributed by atoms with van der Waals surface area (Å²) in [6.45, 7) is 4.64. The van der Waals surface area contributed by atoms with Crippen LogP contribution in [0.15, 0.2) is 46.9 Å². The molecule has 0 aliphatic rings. The molecule has 2 amide bonds. The van der Waals surface area contributed by atoms with Crippen LogP contribution in [0.3, 0.4) is 0 Å². The summed E-state index contributed by atoms with van der Waals surface area (Å²) < 4.78 is 32.3. The van der Waals surface area contributed by atoms with Gasteiger partial charge in [0, 0.05) is 29.2 Å². The third-order valence-electron chi connectivity index (χ3n) is 5.73. The smallest absolute Gasteiger partial charge is 0.271 e. The average molecular weight is 600 g/mol. The fourth-order valence-electron chi connectivity index (χ4n) is 3.46. The Kier molecular flexibility index (Phi) is 10.4. The monoisotopic (exact) mass is 598 g/mol. The number of hydrogen-bond acceptors (Lipinski definition) is 7. The maximum absolute atomic E-state index is 13.6. The molecule has 13 heteroatoms. The summed E-state index contributed by atoms with van der Waals surface area (Å²) in [7, 11) is -2.81. The van der Waals surface area contributed by atoms with Crippen LogP contribution < -0.4 is 14.4 Å². The van der Waals surface area contributed by atoms with E-state index in [1.165, 1.54) is 24.1 Å². The molecule has 202 valence electrons. The quantitative estimate of drug-likeness (QED) is 0.291. The Bertz CT molecular complexity index is 1260. The van der Waals surface area contributed by atoms with Gasteiger partial charge in [0.15, 0.2) is 0 Å². The molecule has 0 aliphatic heterocycles. The molecule has 37 heavy (non-hydrogen) atoms. The molecular formula is C24H31BrN4O7S. The third kappa shape index (κ3) is 8.15. The highest BCUT2D eigenvalue weighted by Gasteiger charge is 2.32. The summed E-state index contributed by atoms with van der Waals surface area (Å²) in [5.74, 6) is -1.03. The van der Waals surface area contributed by atoms with E-state index in [9.17, 15) is 28.1 Å². The molecule has 0 aliphatic carbocycles. The van der Waals surface area contributed by atoms with Gasteiger partial charge in [0.1, 0.15) is 24.0 Å². The molecule has 2 aromatic rings. The van der Waals surface area contributed by atoms with Gasteiger partial charge in [0.25, 0.3) is 5.69 Å². The van der Waals surface area contributed by atoms with Gasteiger partial charge in [0.2, 0.25) is 21.8 Å². The van der Waals surface area contributed by atoms with Gasteiger partial charge in [-0.3, -0.25) is 24.0 Å². The minimum absolute atomic E-state index is 0.0248. The number of halogens is 1. The molecule has 11 nitrogen and oxygen atoms in total. The van der Waals surface area contributed by atoms with Crippen molar-refractivity contribution in [2.75, 3.05) is 24.2 Å². The molecule has 2 atom stereocenters. The normalized spacial score (nSPS) is 12.8. The molecule has 0 saturated heterocycles. The number of benzene rings is 2. The van der Waals surface area contributed by atoms with Gasteiger partial charge in [-0.1, -0.05) is 35.0 Å². The lowest BCUT2D eigenvalue weighted by molar-refractivity contribution is -0.384. The topological polar surface area (TPSA) is 139 Å². The Morgan fingerprint density at radius 2 is 1.86 bits per heavy atom. The van der Waals surface area contributed by atoms with Crippen molar-refractivity contribution in [2.45, 2.75) is 45.8 Å². The summed E-state index contributed by atoms with van der Waals surface area (Å²) in [6.07, 6.45) is 1.57. The van der Waals surface area contributed by atoms with Crippen LogP contribution in [0, 0.1) is 10.1 Å². The number of carbonyl (C=O) groups excluding carboxylic acids is 2. The van der Waals surface area contributed by atoms with Gasteiger partial charge in [-0.05, 0) is 44.0 Å². The van der Waals surface area contributed by atoms with Crippen LogP contribution in [-0.2, 0) is 26.2 Å². The highest BCUT2D eigenvalue weighted by molar-refractivity contribution is 9.10. The van der Waals surface area contributed by atoms with E-state index in [0.717, 1.165) is 21.1 Å². The van der Waals surface area contributed by atoms with Crippen molar-refractivity contribution in [3.05, 3.63) is 62.6 Å². The molecule has 2 aromatic carbocycles. The highest BCUT2D eigenvalue weighted by atomic mass is 79.9. The average Bonchev–Trinajstić information content (AvgIpc) is 2.83. The number of non-ortho nitro benzene ring substituents is 1. The summed E-state index contributed by atoms with van der Waals surface area (Å²) in [5, 5.41) is 14.2. The molecule has 0 saturated carbocycles. The summed E-state index contributed by atoms with van der Waals surface area (Å²) in [6, 6.07) is 9.57. The second-order valence-corrected chi connectivity index (χ2v) is 11.4. The molecule has 0 aromatic heterocycles. The Labute approximate surface area is 225 Å². The fraction of sp³-hybridized carbons (Fsp3) is 0.417. The Balaban J connectivity index is 2.51. The zero-order valence-corrected chi connectivity index (χ0v) is 23.7. The first-order chi connectivity index (χ1) is 17.3. The van der Waals surface area contributed by atoms with Crippen LogP contribution in [-0.4, -0.2) is 62.0 Å². The van der Waals surface area contributed by atoms with Crippen LogP contribution >= 0.6 is 15.9 Å². The predicted octanol–water partition coefficient (Wildman–Crippen LogP) is 3.46. The SMILES string of the molecule is CC[C@H](C)NC(=O)[C@H](C)N(Cc1cccc(Br)c1)C(=O)CN(c1cc([N+](=O)[O-])ccc1OC)S(C)(=O)=O. The molecule has 0 heterocycles. The lowest BCUT2D eigenvalue weighted by atomic mass is 10.1. The maximum atomic E-state index is 13.6. The second-order valence-electron chi connectivity index (χ2n) is 8.53. The van der Waals surface area contributed by atoms with Crippen LogP contribution in [0.5, 0.6) is 5.75 Å². The van der Waals surface area contributed by atoms with E-state index < -0.39 is 39.3 Å². The van der Waals surface area contributed by atoms with Crippen molar-refractivity contribution in [1.29, 1.82) is 0 Å². The number of rotatable bonds is 12. The first-order valence-electron chi connectivity index (χ1n) is 11.4. The number of amides is 2. The number of nitro benzene ring substituents is 1. The first kappa shape index (κ1) is 30.0. The molecule has 2 rings (SSSR count). The molecule has 0 bridgehead atoms. The van der Waals surface area contributed by atoms with Gasteiger partial charge in [-0.15, -0.1) is 0 Å². The van der Waals surface area contributed by atoms with Crippen molar-refractivity contribution in [3.8, 4) is 5.75 Å². The van der Waals surface area contributed by atoms with Gasteiger partial charge < -0.3 is 15.0 Å². The van der Waals surface area contributed by atoms with E-state index in [4.69, 9.17) is 4.74 Å². The fourth-order valence-corrected chi connectivity index (χ4v) is 4.75. The zero-order chi connectivity index (χ0) is 27.9. The molecule has 1 N–H and O–H groups in total. The minimum atomic E-state index is -4.09. The predicted molar refractivity (Wildman–Crippen MR) is 144 cm³/mol. The lowest BCUT2D eigenvalue weighted by Gasteiger charge is -2.32. The van der Waals surface area contributed by atoms with Gasteiger partial charge in [-0.2, -0.15) is 0 Å². The van der Waals surface area contributed by atoms with Crippen molar-refractivity contribution >= 4 is 49.1 Å². The third-order valence-corrected chi connectivity index (χ3v) is 7.35.